The van der Waals surface area contributed by atoms with Crippen molar-refractivity contribution in [1.82, 2.24) is 5.32 Å². The Morgan fingerprint density at radius 3 is 2.14 bits per heavy atom. The minimum absolute atomic E-state index is 0.838. The molecule has 0 bridgehead atoms. The van der Waals surface area contributed by atoms with E-state index in [1.54, 1.807) is 0 Å². The van der Waals surface area contributed by atoms with Crippen LogP contribution in [-0.4, -0.2) is 13.1 Å². The highest BCUT2D eigenvalue weighted by Crippen LogP contribution is 2.10. The fourth-order valence-electron chi connectivity index (χ4n) is 1.44. The number of hydrogen-bond acceptors (Lipinski definition) is 1. The lowest BCUT2D eigenvalue weighted by molar-refractivity contribution is 0.457. The lowest BCUT2D eigenvalue weighted by Gasteiger charge is -2.11. The minimum atomic E-state index is 0.838. The fraction of sp³-hybridized carbons (Fsp3) is 1.00. The van der Waals surface area contributed by atoms with Crippen molar-refractivity contribution in [3.05, 3.63) is 0 Å². The van der Waals surface area contributed by atoms with Crippen molar-refractivity contribution in [3.8, 4) is 0 Å². The van der Waals surface area contributed by atoms with Gasteiger partial charge >= 0.3 is 0 Å². The Labute approximate surface area is 90.7 Å². The van der Waals surface area contributed by atoms with Gasteiger partial charge in [0.25, 0.3) is 0 Å². The molecule has 0 radical (unpaired) electrons. The average molecular weight is 199 g/mol. The molecule has 0 saturated carbocycles. The molecule has 0 rings (SSSR count). The molecule has 0 aliphatic rings. The molecular weight excluding hydrogens is 170 g/mol. The Morgan fingerprint density at radius 2 is 1.57 bits per heavy atom. The second kappa shape index (κ2) is 9.51. The Morgan fingerprint density at radius 1 is 0.929 bits per heavy atom. The van der Waals surface area contributed by atoms with Crippen LogP contribution >= 0.6 is 0 Å². The second-order valence-corrected chi connectivity index (χ2v) is 4.73. The van der Waals surface area contributed by atoms with Gasteiger partial charge < -0.3 is 5.32 Å². The first-order valence-corrected chi connectivity index (χ1v) is 6.41. The summed E-state index contributed by atoms with van der Waals surface area (Å²) in [6.45, 7) is 11.6. The number of hydrogen-bond donors (Lipinski definition) is 1. The van der Waals surface area contributed by atoms with Gasteiger partial charge in [0.1, 0.15) is 0 Å². The zero-order valence-electron chi connectivity index (χ0n) is 10.6. The molecule has 1 heteroatoms. The van der Waals surface area contributed by atoms with Crippen LogP contribution in [0.5, 0.6) is 0 Å². The van der Waals surface area contributed by atoms with Crippen molar-refractivity contribution < 1.29 is 0 Å². The van der Waals surface area contributed by atoms with E-state index in [1.807, 2.05) is 0 Å². The summed E-state index contributed by atoms with van der Waals surface area (Å²) in [6, 6.07) is 0. The molecule has 0 aliphatic heterocycles. The van der Waals surface area contributed by atoms with Crippen LogP contribution in [0.15, 0.2) is 0 Å². The second-order valence-electron chi connectivity index (χ2n) is 4.73. The highest BCUT2D eigenvalue weighted by molar-refractivity contribution is 4.56. The molecule has 0 aromatic carbocycles. The summed E-state index contributed by atoms with van der Waals surface area (Å²) in [5, 5.41) is 3.53. The standard InChI is InChI=1S/C13H29N/c1-5-12(3)9-7-8-10-14-11-13(4)6-2/h12-14H,5-11H2,1-4H3. The van der Waals surface area contributed by atoms with Crippen molar-refractivity contribution in [2.24, 2.45) is 11.8 Å². The molecule has 0 amide bonds. The van der Waals surface area contributed by atoms with E-state index in [-0.39, 0.29) is 0 Å². The van der Waals surface area contributed by atoms with E-state index < -0.39 is 0 Å². The van der Waals surface area contributed by atoms with Gasteiger partial charge in [-0.2, -0.15) is 0 Å². The topological polar surface area (TPSA) is 12.0 Å². The summed E-state index contributed by atoms with van der Waals surface area (Å²) < 4.78 is 0. The SMILES string of the molecule is CCC(C)CCCCNCC(C)CC. The molecule has 0 spiro atoms. The average Bonchev–Trinajstić information content (AvgIpc) is 2.22. The summed E-state index contributed by atoms with van der Waals surface area (Å²) in [4.78, 5) is 0. The van der Waals surface area contributed by atoms with Gasteiger partial charge in [0.05, 0.1) is 0 Å². The van der Waals surface area contributed by atoms with E-state index >= 15 is 0 Å². The predicted molar refractivity (Wildman–Crippen MR) is 65.6 cm³/mol. The van der Waals surface area contributed by atoms with Gasteiger partial charge in [0, 0.05) is 0 Å². The zero-order valence-corrected chi connectivity index (χ0v) is 10.6. The Kier molecular flexibility index (Phi) is 9.49. The van der Waals surface area contributed by atoms with Crippen molar-refractivity contribution in [2.45, 2.75) is 59.8 Å². The predicted octanol–water partition coefficient (Wildman–Crippen LogP) is 3.84. The summed E-state index contributed by atoms with van der Waals surface area (Å²) >= 11 is 0. The van der Waals surface area contributed by atoms with Crippen LogP contribution in [0, 0.1) is 11.8 Å². The molecule has 0 saturated heterocycles. The molecule has 2 atom stereocenters. The summed E-state index contributed by atoms with van der Waals surface area (Å²) in [5.74, 6) is 1.76. The third-order valence-electron chi connectivity index (χ3n) is 3.19. The zero-order chi connectivity index (χ0) is 10.8. The van der Waals surface area contributed by atoms with Crippen molar-refractivity contribution in [2.75, 3.05) is 13.1 Å². The highest BCUT2D eigenvalue weighted by atomic mass is 14.8. The van der Waals surface area contributed by atoms with E-state index in [0.717, 1.165) is 11.8 Å². The van der Waals surface area contributed by atoms with E-state index in [1.165, 1.54) is 45.2 Å². The quantitative estimate of drug-likeness (QED) is 0.556. The molecule has 0 heterocycles. The highest BCUT2D eigenvalue weighted by Gasteiger charge is 1.99. The summed E-state index contributed by atoms with van der Waals surface area (Å²) in [6.07, 6.45) is 6.77. The molecule has 0 aromatic rings. The molecule has 0 aromatic heterocycles. The van der Waals surface area contributed by atoms with Crippen LogP contribution in [0.1, 0.15) is 59.8 Å². The molecule has 0 aliphatic carbocycles. The number of nitrogens with one attached hydrogen (secondary N) is 1. The van der Waals surface area contributed by atoms with Gasteiger partial charge in [-0.3, -0.25) is 0 Å². The van der Waals surface area contributed by atoms with Gasteiger partial charge in [-0.05, 0) is 31.3 Å². The molecule has 14 heavy (non-hydrogen) atoms. The third kappa shape index (κ3) is 8.55. The maximum Gasteiger partial charge on any atom is -0.00233 e. The first-order chi connectivity index (χ1) is 6.70. The molecule has 86 valence electrons. The van der Waals surface area contributed by atoms with Crippen LogP contribution in [-0.2, 0) is 0 Å². The monoisotopic (exact) mass is 199 g/mol. The van der Waals surface area contributed by atoms with Crippen LogP contribution in [0.25, 0.3) is 0 Å². The first-order valence-electron chi connectivity index (χ1n) is 6.41. The van der Waals surface area contributed by atoms with Crippen LogP contribution < -0.4 is 5.32 Å². The molecule has 2 unspecified atom stereocenters. The van der Waals surface area contributed by atoms with Crippen LogP contribution in [0.2, 0.25) is 0 Å². The maximum atomic E-state index is 3.53. The lowest BCUT2D eigenvalue weighted by atomic mass is 10.0. The Bertz CT molecular complexity index is 97.8. The summed E-state index contributed by atoms with van der Waals surface area (Å²) in [7, 11) is 0. The fourth-order valence-corrected chi connectivity index (χ4v) is 1.44. The smallest absolute Gasteiger partial charge is 0.00233 e. The maximum absolute atomic E-state index is 3.53. The first kappa shape index (κ1) is 14.0. The van der Waals surface area contributed by atoms with E-state index in [4.69, 9.17) is 0 Å². The van der Waals surface area contributed by atoms with Gasteiger partial charge in [-0.1, -0.05) is 53.4 Å². The number of rotatable bonds is 9. The van der Waals surface area contributed by atoms with E-state index in [2.05, 4.69) is 33.0 Å². The Balaban J connectivity index is 3.06. The largest absolute Gasteiger partial charge is 0.316 e. The van der Waals surface area contributed by atoms with Gasteiger partial charge in [0.15, 0.2) is 0 Å². The lowest BCUT2D eigenvalue weighted by Crippen LogP contribution is -2.21. The number of unbranched alkanes of at least 4 members (excludes halogenated alkanes) is 1. The summed E-state index contributed by atoms with van der Waals surface area (Å²) in [5.41, 5.74) is 0. The van der Waals surface area contributed by atoms with Crippen molar-refractivity contribution in [3.63, 3.8) is 0 Å². The van der Waals surface area contributed by atoms with Gasteiger partial charge in [0.2, 0.25) is 0 Å². The van der Waals surface area contributed by atoms with Crippen molar-refractivity contribution >= 4 is 0 Å². The van der Waals surface area contributed by atoms with Crippen LogP contribution in [0.4, 0.5) is 0 Å². The van der Waals surface area contributed by atoms with Gasteiger partial charge in [-0.15, -0.1) is 0 Å². The van der Waals surface area contributed by atoms with E-state index in [9.17, 15) is 0 Å². The molecule has 1 nitrogen and oxygen atoms in total. The molecule has 1 N–H and O–H groups in total. The van der Waals surface area contributed by atoms with Crippen LogP contribution in [0.3, 0.4) is 0 Å². The normalized spacial score (nSPS) is 15.4. The van der Waals surface area contributed by atoms with Crippen molar-refractivity contribution in [1.29, 1.82) is 0 Å². The molecular formula is C13H29N. The van der Waals surface area contributed by atoms with Gasteiger partial charge in [-0.25, -0.2) is 0 Å². The minimum Gasteiger partial charge on any atom is -0.316 e. The third-order valence-corrected chi connectivity index (χ3v) is 3.19. The molecule has 0 fully saturated rings. The Hall–Kier alpha value is -0.0400. The van der Waals surface area contributed by atoms with E-state index in [0.29, 0.717) is 0 Å².